The van der Waals surface area contributed by atoms with Crippen LogP contribution in [-0.4, -0.2) is 35.0 Å². The summed E-state index contributed by atoms with van der Waals surface area (Å²) in [6, 6.07) is 9.43. The van der Waals surface area contributed by atoms with Gasteiger partial charge in [0.2, 0.25) is 5.91 Å². The van der Waals surface area contributed by atoms with E-state index in [0.717, 1.165) is 10.6 Å². The molecule has 0 fully saturated rings. The molecule has 0 aliphatic rings. The van der Waals surface area contributed by atoms with Crippen LogP contribution in [0, 0.1) is 0 Å². The van der Waals surface area contributed by atoms with Gasteiger partial charge in [-0.15, -0.1) is 23.1 Å². The molecule has 1 N–H and O–H groups in total. The SMILES string of the molecule is CCOC(=O)CSCC(=O)NC(c1ccccc1)c1nccs1. The van der Waals surface area contributed by atoms with Crippen molar-refractivity contribution in [2.24, 2.45) is 0 Å². The van der Waals surface area contributed by atoms with Crippen molar-refractivity contribution in [2.75, 3.05) is 18.1 Å². The van der Waals surface area contributed by atoms with Crippen LogP contribution in [0.15, 0.2) is 41.9 Å². The summed E-state index contributed by atoms with van der Waals surface area (Å²) in [6.07, 6.45) is 1.72. The lowest BCUT2D eigenvalue weighted by molar-refractivity contribution is -0.139. The van der Waals surface area contributed by atoms with Crippen LogP contribution in [-0.2, 0) is 14.3 Å². The zero-order chi connectivity index (χ0) is 16.5. The van der Waals surface area contributed by atoms with Crippen LogP contribution in [0.1, 0.15) is 23.5 Å². The van der Waals surface area contributed by atoms with E-state index in [9.17, 15) is 9.59 Å². The highest BCUT2D eigenvalue weighted by Gasteiger charge is 2.19. The number of hydrogen-bond acceptors (Lipinski definition) is 6. The molecule has 0 saturated carbocycles. The maximum atomic E-state index is 12.2. The first-order valence-corrected chi connectivity index (χ1v) is 9.21. The van der Waals surface area contributed by atoms with Crippen molar-refractivity contribution in [3.63, 3.8) is 0 Å². The van der Waals surface area contributed by atoms with Gasteiger partial charge in [0.25, 0.3) is 0 Å². The van der Waals surface area contributed by atoms with Crippen molar-refractivity contribution in [3.05, 3.63) is 52.5 Å². The van der Waals surface area contributed by atoms with Gasteiger partial charge in [-0.1, -0.05) is 30.3 Å². The number of thiazole rings is 1. The van der Waals surface area contributed by atoms with Gasteiger partial charge in [-0.05, 0) is 12.5 Å². The Morgan fingerprint density at radius 1 is 1.30 bits per heavy atom. The topological polar surface area (TPSA) is 68.3 Å². The average Bonchev–Trinajstić information content (AvgIpc) is 3.08. The molecule has 0 spiro atoms. The highest BCUT2D eigenvalue weighted by molar-refractivity contribution is 8.00. The monoisotopic (exact) mass is 350 g/mol. The van der Waals surface area contributed by atoms with Crippen LogP contribution in [0.2, 0.25) is 0 Å². The zero-order valence-electron chi connectivity index (χ0n) is 12.7. The van der Waals surface area contributed by atoms with Gasteiger partial charge >= 0.3 is 5.97 Å². The summed E-state index contributed by atoms with van der Waals surface area (Å²) in [5.41, 5.74) is 0.978. The summed E-state index contributed by atoms with van der Waals surface area (Å²) >= 11 is 2.74. The van der Waals surface area contributed by atoms with E-state index in [1.165, 1.54) is 23.1 Å². The van der Waals surface area contributed by atoms with Crippen molar-refractivity contribution in [2.45, 2.75) is 13.0 Å². The summed E-state index contributed by atoms with van der Waals surface area (Å²) in [6.45, 7) is 2.11. The number of carbonyl (C=O) groups is 2. The summed E-state index contributed by atoms with van der Waals surface area (Å²) in [7, 11) is 0. The van der Waals surface area contributed by atoms with E-state index in [1.54, 1.807) is 13.1 Å². The van der Waals surface area contributed by atoms with E-state index >= 15 is 0 Å². The van der Waals surface area contributed by atoms with Crippen LogP contribution in [0.3, 0.4) is 0 Å². The third kappa shape index (κ3) is 5.69. The number of hydrogen-bond donors (Lipinski definition) is 1. The first-order valence-electron chi connectivity index (χ1n) is 7.17. The summed E-state index contributed by atoms with van der Waals surface area (Å²) < 4.78 is 4.83. The molecule has 0 aliphatic heterocycles. The Labute approximate surface area is 143 Å². The normalized spacial score (nSPS) is 11.7. The van der Waals surface area contributed by atoms with E-state index in [0.29, 0.717) is 6.61 Å². The van der Waals surface area contributed by atoms with E-state index in [2.05, 4.69) is 10.3 Å². The first kappa shape index (κ1) is 17.5. The summed E-state index contributed by atoms with van der Waals surface area (Å²) in [5, 5.41) is 5.69. The number of nitrogens with zero attached hydrogens (tertiary/aromatic N) is 1. The minimum atomic E-state index is -0.301. The number of rotatable bonds is 8. The molecule has 1 unspecified atom stereocenters. The second-order valence-corrected chi connectivity index (χ2v) is 6.49. The van der Waals surface area contributed by atoms with Crippen LogP contribution in [0.4, 0.5) is 0 Å². The maximum absolute atomic E-state index is 12.2. The standard InChI is InChI=1S/C16H18N2O3S2/c1-2-21-14(20)11-22-10-13(19)18-15(16-17-8-9-23-16)12-6-4-3-5-7-12/h3-9,15H,2,10-11H2,1H3,(H,18,19). The number of benzene rings is 1. The number of amides is 1. The fourth-order valence-corrected chi connectivity index (χ4v) is 3.28. The molecule has 122 valence electrons. The van der Waals surface area contributed by atoms with Crippen molar-refractivity contribution >= 4 is 35.0 Å². The highest BCUT2D eigenvalue weighted by Crippen LogP contribution is 2.23. The Balaban J connectivity index is 1.93. The van der Waals surface area contributed by atoms with E-state index in [-0.39, 0.29) is 29.4 Å². The molecule has 0 aliphatic carbocycles. The second-order valence-electron chi connectivity index (χ2n) is 4.58. The number of aromatic nitrogens is 1. The Morgan fingerprint density at radius 2 is 2.09 bits per heavy atom. The molecule has 1 aromatic carbocycles. The van der Waals surface area contributed by atoms with Crippen LogP contribution in [0.25, 0.3) is 0 Å². The number of nitrogens with one attached hydrogen (secondary N) is 1. The van der Waals surface area contributed by atoms with E-state index in [4.69, 9.17) is 4.74 Å². The van der Waals surface area contributed by atoms with Crippen molar-refractivity contribution in [1.29, 1.82) is 0 Å². The molecule has 5 nitrogen and oxygen atoms in total. The van der Waals surface area contributed by atoms with Gasteiger partial charge in [-0.2, -0.15) is 0 Å². The summed E-state index contributed by atoms with van der Waals surface area (Å²) in [4.78, 5) is 27.7. The zero-order valence-corrected chi connectivity index (χ0v) is 14.4. The fraction of sp³-hybridized carbons (Fsp3) is 0.312. The third-order valence-corrected chi connectivity index (χ3v) is 4.64. The predicted molar refractivity (Wildman–Crippen MR) is 92.5 cm³/mol. The van der Waals surface area contributed by atoms with Crippen LogP contribution >= 0.6 is 23.1 Å². The van der Waals surface area contributed by atoms with Gasteiger partial charge in [0.15, 0.2) is 0 Å². The lowest BCUT2D eigenvalue weighted by Crippen LogP contribution is -2.31. The largest absolute Gasteiger partial charge is 0.465 e. The molecule has 2 rings (SSSR count). The quantitative estimate of drug-likeness (QED) is 0.741. The van der Waals surface area contributed by atoms with Gasteiger partial charge in [0, 0.05) is 11.6 Å². The number of carbonyl (C=O) groups excluding carboxylic acids is 2. The maximum Gasteiger partial charge on any atom is 0.315 e. The minimum Gasteiger partial charge on any atom is -0.465 e. The first-order chi connectivity index (χ1) is 11.2. The lowest BCUT2D eigenvalue weighted by Gasteiger charge is -2.17. The molecule has 1 atom stereocenters. The molecule has 0 bridgehead atoms. The molecule has 2 aromatic rings. The molecule has 0 saturated heterocycles. The van der Waals surface area contributed by atoms with Gasteiger partial charge in [0.1, 0.15) is 11.0 Å². The second kappa shape index (κ2) is 9.32. The van der Waals surface area contributed by atoms with E-state index < -0.39 is 0 Å². The number of esters is 1. The molecule has 1 aromatic heterocycles. The van der Waals surface area contributed by atoms with Crippen molar-refractivity contribution in [3.8, 4) is 0 Å². The van der Waals surface area contributed by atoms with Gasteiger partial charge in [0.05, 0.1) is 18.1 Å². The summed E-state index contributed by atoms with van der Waals surface area (Å²) in [5.74, 6) is -0.0598. The molecule has 7 heteroatoms. The number of ether oxygens (including phenoxy) is 1. The molecule has 23 heavy (non-hydrogen) atoms. The minimum absolute atomic E-state index is 0.136. The van der Waals surface area contributed by atoms with Gasteiger partial charge in [-0.25, -0.2) is 4.98 Å². The van der Waals surface area contributed by atoms with Crippen molar-refractivity contribution < 1.29 is 14.3 Å². The lowest BCUT2D eigenvalue weighted by atomic mass is 10.1. The predicted octanol–water partition coefficient (Wildman–Crippen LogP) is 2.65. The molecule has 0 radical (unpaired) electrons. The smallest absolute Gasteiger partial charge is 0.315 e. The van der Waals surface area contributed by atoms with Crippen LogP contribution < -0.4 is 5.32 Å². The molecular formula is C16H18N2O3S2. The Kier molecular flexibility index (Phi) is 7.09. The third-order valence-electron chi connectivity index (χ3n) is 2.89. The molecule has 1 amide bonds. The Morgan fingerprint density at radius 3 is 2.74 bits per heavy atom. The van der Waals surface area contributed by atoms with Crippen molar-refractivity contribution in [1.82, 2.24) is 10.3 Å². The molecular weight excluding hydrogens is 332 g/mol. The number of thioether (sulfide) groups is 1. The fourth-order valence-electron chi connectivity index (χ4n) is 1.94. The Bertz CT molecular complexity index is 618. The highest BCUT2D eigenvalue weighted by atomic mass is 32.2. The van der Waals surface area contributed by atoms with Gasteiger partial charge in [-0.3, -0.25) is 9.59 Å². The Hall–Kier alpha value is -1.86. The average molecular weight is 350 g/mol. The van der Waals surface area contributed by atoms with Gasteiger partial charge < -0.3 is 10.1 Å². The van der Waals surface area contributed by atoms with E-state index in [1.807, 2.05) is 35.7 Å². The van der Waals surface area contributed by atoms with Crippen LogP contribution in [0.5, 0.6) is 0 Å². The molecule has 1 heterocycles.